The molecule has 0 spiro atoms. The SMILES string of the molecule is CCCC(C)CC(CNc1ncc(O)cn1)c1ccccc1. The molecule has 0 bridgehead atoms. The summed E-state index contributed by atoms with van der Waals surface area (Å²) >= 11 is 0. The molecule has 0 saturated carbocycles. The van der Waals surface area contributed by atoms with Gasteiger partial charge in [0.25, 0.3) is 0 Å². The third-order valence-corrected chi connectivity index (χ3v) is 3.88. The number of nitrogens with one attached hydrogen (secondary N) is 1. The van der Waals surface area contributed by atoms with Gasteiger partial charge in [-0.15, -0.1) is 0 Å². The van der Waals surface area contributed by atoms with Crippen LogP contribution in [0.15, 0.2) is 42.7 Å². The maximum absolute atomic E-state index is 9.24. The van der Waals surface area contributed by atoms with Crippen LogP contribution in [0, 0.1) is 5.92 Å². The number of anilines is 1. The molecule has 4 heteroatoms. The molecule has 2 aromatic rings. The third kappa shape index (κ3) is 5.02. The number of hydrogen-bond acceptors (Lipinski definition) is 4. The van der Waals surface area contributed by atoms with Crippen LogP contribution in [0.2, 0.25) is 0 Å². The summed E-state index contributed by atoms with van der Waals surface area (Å²) in [4.78, 5) is 8.17. The van der Waals surface area contributed by atoms with Crippen LogP contribution < -0.4 is 5.32 Å². The summed E-state index contributed by atoms with van der Waals surface area (Å²) in [5.41, 5.74) is 1.34. The molecule has 1 aromatic heterocycles. The largest absolute Gasteiger partial charge is 0.505 e. The van der Waals surface area contributed by atoms with E-state index in [4.69, 9.17) is 0 Å². The van der Waals surface area contributed by atoms with Crippen molar-refractivity contribution in [2.75, 3.05) is 11.9 Å². The number of aromatic nitrogens is 2. The maximum atomic E-state index is 9.24. The molecule has 0 fully saturated rings. The minimum absolute atomic E-state index is 0.0849. The second kappa shape index (κ2) is 8.37. The number of hydrogen-bond donors (Lipinski definition) is 2. The second-order valence-corrected chi connectivity index (χ2v) is 5.88. The Kier molecular flexibility index (Phi) is 6.19. The van der Waals surface area contributed by atoms with Crippen LogP contribution in [0.5, 0.6) is 5.75 Å². The van der Waals surface area contributed by atoms with Gasteiger partial charge in [0.1, 0.15) is 0 Å². The van der Waals surface area contributed by atoms with Gasteiger partial charge in [-0.05, 0) is 17.9 Å². The quantitative estimate of drug-likeness (QED) is 0.767. The molecule has 2 unspecified atom stereocenters. The molecule has 1 aromatic carbocycles. The lowest BCUT2D eigenvalue weighted by molar-refractivity contribution is 0.441. The Labute approximate surface area is 132 Å². The fourth-order valence-electron chi connectivity index (χ4n) is 2.79. The number of nitrogens with zero attached hydrogens (tertiary/aromatic N) is 2. The number of benzene rings is 1. The molecular formula is C18H25N3O. The van der Waals surface area contributed by atoms with E-state index in [9.17, 15) is 5.11 Å². The van der Waals surface area contributed by atoms with E-state index < -0.39 is 0 Å². The first kappa shape index (κ1) is 16.3. The zero-order chi connectivity index (χ0) is 15.8. The predicted molar refractivity (Wildman–Crippen MR) is 90.1 cm³/mol. The zero-order valence-electron chi connectivity index (χ0n) is 13.4. The summed E-state index contributed by atoms with van der Waals surface area (Å²) < 4.78 is 0. The topological polar surface area (TPSA) is 58.0 Å². The third-order valence-electron chi connectivity index (χ3n) is 3.88. The first-order chi connectivity index (χ1) is 10.7. The van der Waals surface area contributed by atoms with Crippen LogP contribution in [-0.4, -0.2) is 21.6 Å². The second-order valence-electron chi connectivity index (χ2n) is 5.88. The van der Waals surface area contributed by atoms with Crippen molar-refractivity contribution in [2.45, 2.75) is 39.0 Å². The van der Waals surface area contributed by atoms with Gasteiger partial charge in [0, 0.05) is 12.5 Å². The minimum atomic E-state index is 0.0849. The first-order valence-electron chi connectivity index (χ1n) is 7.98. The van der Waals surface area contributed by atoms with E-state index in [1.807, 2.05) is 6.07 Å². The normalized spacial score (nSPS) is 13.5. The Morgan fingerprint density at radius 1 is 1.14 bits per heavy atom. The monoisotopic (exact) mass is 299 g/mol. The van der Waals surface area contributed by atoms with Crippen molar-refractivity contribution in [3.63, 3.8) is 0 Å². The van der Waals surface area contributed by atoms with Gasteiger partial charge >= 0.3 is 0 Å². The molecule has 1 heterocycles. The lowest BCUT2D eigenvalue weighted by Gasteiger charge is -2.22. The summed E-state index contributed by atoms with van der Waals surface area (Å²) in [5, 5.41) is 12.5. The van der Waals surface area contributed by atoms with Gasteiger partial charge in [-0.1, -0.05) is 57.0 Å². The Morgan fingerprint density at radius 2 is 1.82 bits per heavy atom. The van der Waals surface area contributed by atoms with Gasteiger partial charge in [-0.3, -0.25) is 0 Å². The molecule has 118 valence electrons. The van der Waals surface area contributed by atoms with E-state index in [1.165, 1.54) is 30.8 Å². The number of aromatic hydroxyl groups is 1. The lowest BCUT2D eigenvalue weighted by Crippen LogP contribution is -2.16. The van der Waals surface area contributed by atoms with E-state index in [1.54, 1.807) is 0 Å². The van der Waals surface area contributed by atoms with Crippen molar-refractivity contribution in [3.8, 4) is 5.75 Å². The summed E-state index contributed by atoms with van der Waals surface area (Å²) in [6, 6.07) is 10.6. The van der Waals surface area contributed by atoms with Crippen molar-refractivity contribution in [1.29, 1.82) is 0 Å². The molecule has 0 radical (unpaired) electrons. The van der Waals surface area contributed by atoms with Crippen LogP contribution in [0.25, 0.3) is 0 Å². The minimum Gasteiger partial charge on any atom is -0.505 e. The standard InChI is InChI=1S/C18H25N3O/c1-3-7-14(2)10-16(15-8-5-4-6-9-15)11-19-18-20-12-17(22)13-21-18/h4-6,8-9,12-14,16,22H,3,7,10-11H2,1-2H3,(H,19,20,21). The van der Waals surface area contributed by atoms with Gasteiger partial charge in [-0.2, -0.15) is 0 Å². The molecule has 2 atom stereocenters. The summed E-state index contributed by atoms with van der Waals surface area (Å²) in [6.45, 7) is 5.34. The Morgan fingerprint density at radius 3 is 2.45 bits per heavy atom. The number of rotatable bonds is 8. The molecule has 0 aliphatic rings. The molecule has 0 saturated heterocycles. The molecule has 0 amide bonds. The molecule has 0 aliphatic carbocycles. The average molecular weight is 299 g/mol. The van der Waals surface area contributed by atoms with Crippen LogP contribution in [0.1, 0.15) is 44.6 Å². The fourth-order valence-corrected chi connectivity index (χ4v) is 2.79. The highest BCUT2D eigenvalue weighted by Crippen LogP contribution is 2.26. The van der Waals surface area contributed by atoms with Crippen LogP contribution >= 0.6 is 0 Å². The van der Waals surface area contributed by atoms with Gasteiger partial charge in [0.15, 0.2) is 5.75 Å². The first-order valence-corrected chi connectivity index (χ1v) is 7.98. The van der Waals surface area contributed by atoms with E-state index in [0.29, 0.717) is 17.8 Å². The van der Waals surface area contributed by atoms with Crippen LogP contribution in [-0.2, 0) is 0 Å². The van der Waals surface area contributed by atoms with E-state index in [2.05, 4.69) is 53.4 Å². The molecule has 2 rings (SSSR count). The highest BCUT2D eigenvalue weighted by atomic mass is 16.3. The Balaban J connectivity index is 2.02. The molecule has 22 heavy (non-hydrogen) atoms. The van der Waals surface area contributed by atoms with E-state index >= 15 is 0 Å². The summed E-state index contributed by atoms with van der Waals surface area (Å²) in [7, 11) is 0. The highest BCUT2D eigenvalue weighted by Gasteiger charge is 2.15. The van der Waals surface area contributed by atoms with Gasteiger partial charge in [-0.25, -0.2) is 9.97 Å². The molecular weight excluding hydrogens is 274 g/mol. The fraction of sp³-hybridized carbons (Fsp3) is 0.444. The van der Waals surface area contributed by atoms with Crippen molar-refractivity contribution in [1.82, 2.24) is 9.97 Å². The van der Waals surface area contributed by atoms with E-state index in [-0.39, 0.29) is 5.75 Å². The van der Waals surface area contributed by atoms with Crippen molar-refractivity contribution in [2.24, 2.45) is 5.92 Å². The highest BCUT2D eigenvalue weighted by molar-refractivity contribution is 5.29. The molecule has 0 aliphatic heterocycles. The Hall–Kier alpha value is -2.10. The summed E-state index contributed by atoms with van der Waals surface area (Å²) in [6.07, 6.45) is 6.43. The van der Waals surface area contributed by atoms with Crippen LogP contribution in [0.4, 0.5) is 5.95 Å². The molecule has 2 N–H and O–H groups in total. The van der Waals surface area contributed by atoms with Crippen molar-refractivity contribution < 1.29 is 5.11 Å². The van der Waals surface area contributed by atoms with Crippen molar-refractivity contribution >= 4 is 5.95 Å². The van der Waals surface area contributed by atoms with E-state index in [0.717, 1.165) is 13.0 Å². The maximum Gasteiger partial charge on any atom is 0.222 e. The summed E-state index contributed by atoms with van der Waals surface area (Å²) in [5.74, 6) is 1.77. The van der Waals surface area contributed by atoms with Gasteiger partial charge in [0.05, 0.1) is 12.4 Å². The van der Waals surface area contributed by atoms with Gasteiger partial charge < -0.3 is 10.4 Å². The average Bonchev–Trinajstić information content (AvgIpc) is 2.54. The molecule has 4 nitrogen and oxygen atoms in total. The lowest BCUT2D eigenvalue weighted by atomic mass is 9.87. The zero-order valence-corrected chi connectivity index (χ0v) is 13.4. The van der Waals surface area contributed by atoms with Gasteiger partial charge in [0.2, 0.25) is 5.95 Å². The smallest absolute Gasteiger partial charge is 0.222 e. The Bertz CT molecular complexity index is 542. The van der Waals surface area contributed by atoms with Crippen LogP contribution in [0.3, 0.4) is 0 Å². The predicted octanol–water partition coefficient (Wildman–Crippen LogP) is 4.20. The van der Waals surface area contributed by atoms with Crippen molar-refractivity contribution in [3.05, 3.63) is 48.3 Å².